The van der Waals surface area contributed by atoms with E-state index in [1.807, 2.05) is 54.3 Å². The molecule has 1 aliphatic heterocycles. The fraction of sp³-hybridized carbons (Fsp3) is 0.333. The smallest absolute Gasteiger partial charge is 0.227 e. The van der Waals surface area contributed by atoms with Gasteiger partial charge in [-0.05, 0) is 56.2 Å². The molecule has 1 amide bonds. The molecule has 0 N–H and O–H groups in total. The van der Waals surface area contributed by atoms with E-state index in [9.17, 15) is 4.79 Å². The van der Waals surface area contributed by atoms with Gasteiger partial charge < -0.3 is 14.4 Å². The van der Waals surface area contributed by atoms with Crippen molar-refractivity contribution in [3.05, 3.63) is 70.9 Å². The predicted molar refractivity (Wildman–Crippen MR) is 120 cm³/mol. The summed E-state index contributed by atoms with van der Waals surface area (Å²) in [7, 11) is 0. The van der Waals surface area contributed by atoms with Crippen molar-refractivity contribution in [2.24, 2.45) is 0 Å². The van der Waals surface area contributed by atoms with Gasteiger partial charge in [-0.1, -0.05) is 29.8 Å². The van der Waals surface area contributed by atoms with E-state index in [4.69, 9.17) is 26.2 Å². The lowest BCUT2D eigenvalue weighted by Crippen LogP contribution is -2.35. The number of halogens is 1. The van der Waals surface area contributed by atoms with E-state index in [0.29, 0.717) is 29.7 Å². The number of aryl methyl sites for hydroxylation is 1. The van der Waals surface area contributed by atoms with E-state index in [-0.39, 0.29) is 12.0 Å². The lowest BCUT2D eigenvalue weighted by Gasteiger charge is -2.24. The van der Waals surface area contributed by atoms with Gasteiger partial charge in [-0.3, -0.25) is 4.79 Å². The number of amides is 1. The first-order valence-electron chi connectivity index (χ1n) is 10.5. The average Bonchev–Trinajstić information content (AvgIpc) is 3.38. The number of benzene rings is 2. The van der Waals surface area contributed by atoms with E-state index >= 15 is 0 Å². The van der Waals surface area contributed by atoms with Crippen LogP contribution >= 0.6 is 11.6 Å². The van der Waals surface area contributed by atoms with Crippen molar-refractivity contribution in [2.75, 3.05) is 13.2 Å². The highest BCUT2D eigenvalue weighted by molar-refractivity contribution is 6.30. The van der Waals surface area contributed by atoms with Crippen LogP contribution in [-0.4, -0.2) is 39.8 Å². The second-order valence-electron chi connectivity index (χ2n) is 7.71. The Morgan fingerprint density at radius 3 is 2.61 bits per heavy atom. The highest BCUT2D eigenvalue weighted by Gasteiger charge is 2.25. The molecule has 7 heteroatoms. The molecule has 0 saturated carbocycles. The summed E-state index contributed by atoms with van der Waals surface area (Å²) in [4.78, 5) is 14.2. The molecule has 1 atom stereocenters. The van der Waals surface area contributed by atoms with Gasteiger partial charge >= 0.3 is 0 Å². The normalized spacial score (nSPS) is 15.8. The first kappa shape index (κ1) is 21.4. The van der Waals surface area contributed by atoms with Gasteiger partial charge in [0.25, 0.3) is 0 Å². The van der Waals surface area contributed by atoms with Crippen LogP contribution in [0.15, 0.2) is 54.6 Å². The second kappa shape index (κ2) is 9.54. The van der Waals surface area contributed by atoms with Crippen LogP contribution in [0.5, 0.6) is 11.6 Å². The number of rotatable bonds is 7. The number of carbonyl (C=O) groups is 1. The van der Waals surface area contributed by atoms with Crippen LogP contribution in [0.3, 0.4) is 0 Å². The Morgan fingerprint density at radius 2 is 1.97 bits per heavy atom. The molecule has 31 heavy (non-hydrogen) atoms. The largest absolute Gasteiger partial charge is 0.439 e. The molecule has 0 radical (unpaired) electrons. The Kier molecular flexibility index (Phi) is 6.59. The molecule has 0 aliphatic carbocycles. The maximum absolute atomic E-state index is 12.4. The van der Waals surface area contributed by atoms with Gasteiger partial charge in [0, 0.05) is 25.1 Å². The van der Waals surface area contributed by atoms with E-state index < -0.39 is 0 Å². The molecular formula is C24H26ClN3O3. The molecule has 0 spiro atoms. The first-order chi connectivity index (χ1) is 15.0. The van der Waals surface area contributed by atoms with Crippen LogP contribution in [0.4, 0.5) is 0 Å². The third-order valence-corrected chi connectivity index (χ3v) is 5.66. The fourth-order valence-corrected chi connectivity index (χ4v) is 3.84. The first-order valence-corrected chi connectivity index (χ1v) is 10.8. The van der Waals surface area contributed by atoms with Crippen LogP contribution in [0.2, 0.25) is 5.02 Å². The topological polar surface area (TPSA) is 56.6 Å². The number of nitrogens with zero attached hydrogens (tertiary/aromatic N) is 3. The third-order valence-electron chi connectivity index (χ3n) is 5.41. The van der Waals surface area contributed by atoms with Crippen LogP contribution < -0.4 is 4.74 Å². The van der Waals surface area contributed by atoms with Gasteiger partial charge in [-0.25, -0.2) is 4.68 Å². The van der Waals surface area contributed by atoms with Gasteiger partial charge in [0.2, 0.25) is 11.8 Å². The summed E-state index contributed by atoms with van der Waals surface area (Å²) >= 11 is 6.03. The van der Waals surface area contributed by atoms with Crippen LogP contribution in [0.1, 0.15) is 31.0 Å². The minimum absolute atomic E-state index is 0.000181. The molecule has 2 heterocycles. The summed E-state index contributed by atoms with van der Waals surface area (Å²) in [6.45, 7) is 5.24. The molecule has 4 rings (SSSR count). The van der Waals surface area contributed by atoms with Crippen molar-refractivity contribution in [2.45, 2.75) is 39.3 Å². The van der Waals surface area contributed by atoms with Crippen LogP contribution in [0.25, 0.3) is 5.69 Å². The number of hydrogen-bond donors (Lipinski definition) is 0. The second-order valence-corrected chi connectivity index (χ2v) is 8.14. The Bertz CT molecular complexity index is 1030. The number of hydrogen-bond acceptors (Lipinski definition) is 4. The molecule has 2 aromatic carbocycles. The molecule has 1 fully saturated rings. The standard InChI is InChI=1S/C24H26ClN3O3/c1-17-23(16-27(18(2)29)15-22-9-6-14-30-22)24(31-21-12-10-19(25)11-13-21)28(26-17)20-7-4-3-5-8-20/h3-5,7-8,10-13,22H,6,9,14-16H2,1-2H3/t22-/m0/s1. The third kappa shape index (κ3) is 5.09. The van der Waals surface area contributed by atoms with Crippen molar-refractivity contribution in [1.29, 1.82) is 0 Å². The fourth-order valence-electron chi connectivity index (χ4n) is 3.71. The summed E-state index contributed by atoms with van der Waals surface area (Å²) in [5, 5.41) is 5.37. The van der Waals surface area contributed by atoms with Crippen molar-refractivity contribution in [1.82, 2.24) is 14.7 Å². The highest BCUT2D eigenvalue weighted by atomic mass is 35.5. The summed E-state index contributed by atoms with van der Waals surface area (Å²) in [6.07, 6.45) is 2.08. The molecule has 162 valence electrons. The van der Waals surface area contributed by atoms with Crippen molar-refractivity contribution < 1.29 is 14.3 Å². The highest BCUT2D eigenvalue weighted by Crippen LogP contribution is 2.32. The van der Waals surface area contributed by atoms with Crippen molar-refractivity contribution in [3.63, 3.8) is 0 Å². The maximum Gasteiger partial charge on any atom is 0.227 e. The average molecular weight is 440 g/mol. The summed E-state index contributed by atoms with van der Waals surface area (Å²) < 4.78 is 13.8. The molecule has 0 bridgehead atoms. The van der Waals surface area contributed by atoms with E-state index in [2.05, 4.69) is 0 Å². The minimum atomic E-state index is -0.000181. The molecule has 0 unspecified atom stereocenters. The molecule has 1 aromatic heterocycles. The summed E-state index contributed by atoms with van der Waals surface area (Å²) in [5.41, 5.74) is 2.56. The van der Waals surface area contributed by atoms with Gasteiger partial charge in [0.1, 0.15) is 5.75 Å². The molecule has 1 aliphatic rings. The van der Waals surface area contributed by atoms with E-state index in [1.54, 1.807) is 23.7 Å². The molecule has 3 aromatic rings. The van der Waals surface area contributed by atoms with E-state index in [1.165, 1.54) is 0 Å². The molecule has 6 nitrogen and oxygen atoms in total. The zero-order valence-electron chi connectivity index (χ0n) is 17.8. The zero-order chi connectivity index (χ0) is 21.8. The molecular weight excluding hydrogens is 414 g/mol. The Balaban J connectivity index is 1.70. The number of carbonyl (C=O) groups excluding carboxylic acids is 1. The van der Waals surface area contributed by atoms with Gasteiger partial charge in [-0.2, -0.15) is 5.10 Å². The van der Waals surface area contributed by atoms with Crippen molar-refractivity contribution >= 4 is 17.5 Å². The Hall–Kier alpha value is -2.83. The summed E-state index contributed by atoms with van der Waals surface area (Å²) in [6, 6.07) is 17.0. The number of ether oxygens (including phenoxy) is 2. The zero-order valence-corrected chi connectivity index (χ0v) is 18.5. The minimum Gasteiger partial charge on any atom is -0.439 e. The van der Waals surface area contributed by atoms with Gasteiger partial charge in [-0.15, -0.1) is 0 Å². The SMILES string of the molecule is CC(=O)N(Cc1c(C)nn(-c2ccccc2)c1Oc1ccc(Cl)cc1)C[C@@H]1CCCO1. The van der Waals surface area contributed by atoms with E-state index in [0.717, 1.165) is 36.4 Å². The maximum atomic E-state index is 12.4. The van der Waals surface area contributed by atoms with Crippen LogP contribution in [-0.2, 0) is 16.1 Å². The monoisotopic (exact) mass is 439 g/mol. The van der Waals surface area contributed by atoms with Gasteiger partial charge in [0.05, 0.1) is 29.6 Å². The van der Waals surface area contributed by atoms with Gasteiger partial charge in [0.15, 0.2) is 0 Å². The number of aromatic nitrogens is 2. The lowest BCUT2D eigenvalue weighted by molar-refractivity contribution is -0.131. The van der Waals surface area contributed by atoms with Crippen LogP contribution in [0, 0.1) is 6.92 Å². The Morgan fingerprint density at radius 1 is 1.23 bits per heavy atom. The predicted octanol–water partition coefficient (Wildman–Crippen LogP) is 5.15. The van der Waals surface area contributed by atoms with Crippen molar-refractivity contribution in [3.8, 4) is 17.3 Å². The molecule has 1 saturated heterocycles. The number of para-hydroxylation sites is 1. The lowest BCUT2D eigenvalue weighted by atomic mass is 10.2. The Labute approximate surface area is 187 Å². The summed E-state index contributed by atoms with van der Waals surface area (Å²) in [5.74, 6) is 1.24. The quantitative estimate of drug-likeness (QED) is 0.510.